The summed E-state index contributed by atoms with van der Waals surface area (Å²) >= 11 is 1.73. The number of thiophene rings is 1. The van der Waals surface area contributed by atoms with Gasteiger partial charge in [-0.25, -0.2) is 0 Å². The molecule has 0 amide bonds. The molecule has 14 heavy (non-hydrogen) atoms. The van der Waals surface area contributed by atoms with Gasteiger partial charge < -0.3 is 4.79 Å². The van der Waals surface area contributed by atoms with E-state index in [0.717, 1.165) is 6.29 Å². The molecule has 0 aliphatic carbocycles. The van der Waals surface area contributed by atoms with E-state index in [1.807, 2.05) is 24.3 Å². The molecule has 1 aromatic carbocycles. The molecule has 0 aliphatic heterocycles. The number of hydrogen-bond acceptors (Lipinski definition) is 2. The highest BCUT2D eigenvalue weighted by molar-refractivity contribution is 7.17. The smallest absolute Gasteiger partial charge is 0.123 e. The molecule has 0 unspecified atom stereocenters. The van der Waals surface area contributed by atoms with Crippen LogP contribution in [0.4, 0.5) is 0 Å². The molecule has 0 saturated carbocycles. The van der Waals surface area contributed by atoms with E-state index in [1.165, 1.54) is 15.6 Å². The zero-order valence-electron chi connectivity index (χ0n) is 7.64. The minimum absolute atomic E-state index is 0.490. The van der Waals surface area contributed by atoms with Crippen molar-refractivity contribution in [1.82, 2.24) is 0 Å². The van der Waals surface area contributed by atoms with E-state index in [0.29, 0.717) is 6.42 Å². The molecule has 0 radical (unpaired) electrons. The van der Waals surface area contributed by atoms with Crippen LogP contribution in [-0.4, -0.2) is 6.29 Å². The molecule has 0 fully saturated rings. The van der Waals surface area contributed by atoms with Crippen LogP contribution in [0, 0.1) is 0 Å². The quantitative estimate of drug-likeness (QED) is 0.696. The summed E-state index contributed by atoms with van der Waals surface area (Å²) in [5.74, 6) is 0. The van der Waals surface area contributed by atoms with Gasteiger partial charge in [-0.05, 0) is 22.4 Å². The molecule has 0 spiro atoms. The largest absolute Gasteiger partial charge is 0.303 e. The fourth-order valence-corrected chi connectivity index (χ4v) is 2.31. The van der Waals surface area contributed by atoms with Crippen molar-refractivity contribution in [2.75, 3.05) is 0 Å². The first-order valence-corrected chi connectivity index (χ1v) is 5.36. The summed E-state index contributed by atoms with van der Waals surface area (Å²) in [7, 11) is 0. The molecule has 1 aromatic heterocycles. The fourth-order valence-electron chi connectivity index (χ4n) is 1.38. The van der Waals surface area contributed by atoms with Crippen molar-refractivity contribution >= 4 is 33.8 Å². The van der Waals surface area contributed by atoms with Gasteiger partial charge >= 0.3 is 0 Å². The molecule has 1 heterocycles. The SMILES string of the molecule is O=CCC=Cc1csc2ccccc12. The van der Waals surface area contributed by atoms with Gasteiger partial charge in [0, 0.05) is 11.1 Å². The van der Waals surface area contributed by atoms with Gasteiger partial charge in [0.25, 0.3) is 0 Å². The summed E-state index contributed by atoms with van der Waals surface area (Å²) in [6.45, 7) is 0. The second-order valence-electron chi connectivity index (χ2n) is 2.99. The van der Waals surface area contributed by atoms with E-state index < -0.39 is 0 Å². The van der Waals surface area contributed by atoms with Crippen LogP contribution < -0.4 is 0 Å². The van der Waals surface area contributed by atoms with Crippen molar-refractivity contribution < 1.29 is 4.79 Å². The Morgan fingerprint density at radius 1 is 1.29 bits per heavy atom. The first-order chi connectivity index (χ1) is 6.92. The van der Waals surface area contributed by atoms with Crippen molar-refractivity contribution in [3.8, 4) is 0 Å². The molecule has 70 valence electrons. The van der Waals surface area contributed by atoms with Crippen LogP contribution in [0.1, 0.15) is 12.0 Å². The fraction of sp³-hybridized carbons (Fsp3) is 0.0833. The Hall–Kier alpha value is -1.41. The van der Waals surface area contributed by atoms with Gasteiger partial charge in [0.2, 0.25) is 0 Å². The summed E-state index contributed by atoms with van der Waals surface area (Å²) in [5, 5.41) is 3.38. The maximum Gasteiger partial charge on any atom is 0.123 e. The first-order valence-electron chi connectivity index (χ1n) is 4.48. The molecule has 0 bridgehead atoms. The molecule has 2 rings (SSSR count). The molecule has 2 aromatic rings. The van der Waals surface area contributed by atoms with Crippen LogP contribution in [0.25, 0.3) is 16.2 Å². The van der Waals surface area contributed by atoms with E-state index in [2.05, 4.69) is 17.5 Å². The third-order valence-electron chi connectivity index (χ3n) is 2.04. The van der Waals surface area contributed by atoms with E-state index in [-0.39, 0.29) is 0 Å². The number of aldehydes is 1. The van der Waals surface area contributed by atoms with Crippen molar-refractivity contribution in [3.05, 3.63) is 41.3 Å². The standard InChI is InChI=1S/C12H10OS/c13-8-4-3-5-10-9-14-12-7-2-1-6-11(10)12/h1-3,5-9H,4H2. The predicted octanol–water partition coefficient (Wildman–Crippen LogP) is 3.50. The number of carbonyl (C=O) groups excluding carboxylic acids is 1. The molecule has 2 heteroatoms. The summed E-state index contributed by atoms with van der Waals surface area (Å²) in [6.07, 6.45) is 5.30. The Labute approximate surface area is 86.7 Å². The van der Waals surface area contributed by atoms with Crippen LogP contribution in [0.3, 0.4) is 0 Å². The van der Waals surface area contributed by atoms with Gasteiger partial charge in [-0.1, -0.05) is 30.4 Å². The lowest BCUT2D eigenvalue weighted by Crippen LogP contribution is -1.69. The minimum atomic E-state index is 0.490. The lowest BCUT2D eigenvalue weighted by Gasteiger charge is -1.89. The minimum Gasteiger partial charge on any atom is -0.303 e. The Morgan fingerprint density at radius 3 is 3.00 bits per heavy atom. The van der Waals surface area contributed by atoms with E-state index in [4.69, 9.17) is 0 Å². The van der Waals surface area contributed by atoms with Gasteiger partial charge in [-0.2, -0.15) is 0 Å². The maximum atomic E-state index is 10.1. The van der Waals surface area contributed by atoms with Crippen molar-refractivity contribution in [3.63, 3.8) is 0 Å². The van der Waals surface area contributed by atoms with Gasteiger partial charge in [-0.15, -0.1) is 11.3 Å². The molecule has 0 saturated heterocycles. The second-order valence-corrected chi connectivity index (χ2v) is 3.90. The average Bonchev–Trinajstić information content (AvgIpc) is 2.63. The molecular weight excluding hydrogens is 192 g/mol. The summed E-state index contributed by atoms with van der Waals surface area (Å²) in [6, 6.07) is 8.29. The lowest BCUT2D eigenvalue weighted by molar-refractivity contribution is -0.107. The monoisotopic (exact) mass is 202 g/mol. The normalized spacial score (nSPS) is 11.1. The van der Waals surface area contributed by atoms with Crippen molar-refractivity contribution in [1.29, 1.82) is 0 Å². The van der Waals surface area contributed by atoms with Crippen LogP contribution in [0.5, 0.6) is 0 Å². The number of benzene rings is 1. The van der Waals surface area contributed by atoms with Gasteiger partial charge in [0.05, 0.1) is 0 Å². The Kier molecular flexibility index (Phi) is 2.75. The highest BCUT2D eigenvalue weighted by atomic mass is 32.1. The van der Waals surface area contributed by atoms with Gasteiger partial charge in [0.15, 0.2) is 0 Å². The second kappa shape index (κ2) is 4.20. The molecule has 0 aliphatic rings. The van der Waals surface area contributed by atoms with Crippen LogP contribution in [0.15, 0.2) is 35.7 Å². The maximum absolute atomic E-state index is 10.1. The molecule has 0 atom stereocenters. The Morgan fingerprint density at radius 2 is 2.14 bits per heavy atom. The summed E-state index contributed by atoms with van der Waals surface area (Å²) < 4.78 is 1.29. The van der Waals surface area contributed by atoms with Crippen LogP contribution in [-0.2, 0) is 4.79 Å². The van der Waals surface area contributed by atoms with Crippen LogP contribution in [0.2, 0.25) is 0 Å². The third kappa shape index (κ3) is 1.75. The molecule has 0 N–H and O–H groups in total. The van der Waals surface area contributed by atoms with Crippen molar-refractivity contribution in [2.24, 2.45) is 0 Å². The third-order valence-corrected chi connectivity index (χ3v) is 3.02. The van der Waals surface area contributed by atoms with Crippen molar-refractivity contribution in [2.45, 2.75) is 6.42 Å². The summed E-state index contributed by atoms with van der Waals surface area (Å²) in [4.78, 5) is 10.1. The van der Waals surface area contributed by atoms with E-state index >= 15 is 0 Å². The molecular formula is C12H10OS. The van der Waals surface area contributed by atoms with Gasteiger partial charge in [-0.3, -0.25) is 0 Å². The number of allylic oxidation sites excluding steroid dienone is 1. The molecule has 1 nitrogen and oxygen atoms in total. The zero-order valence-corrected chi connectivity index (χ0v) is 8.46. The summed E-state index contributed by atoms with van der Waals surface area (Å²) in [5.41, 5.74) is 1.20. The first kappa shape index (κ1) is 9.16. The average molecular weight is 202 g/mol. The Bertz CT molecular complexity index is 468. The lowest BCUT2D eigenvalue weighted by atomic mass is 10.1. The number of rotatable bonds is 3. The van der Waals surface area contributed by atoms with Gasteiger partial charge in [0.1, 0.15) is 6.29 Å². The highest BCUT2D eigenvalue weighted by Gasteiger charge is 1.98. The Balaban J connectivity index is 2.38. The topological polar surface area (TPSA) is 17.1 Å². The zero-order chi connectivity index (χ0) is 9.80. The predicted molar refractivity (Wildman–Crippen MR) is 61.5 cm³/mol. The van der Waals surface area contributed by atoms with E-state index in [1.54, 1.807) is 11.3 Å². The number of fused-ring (bicyclic) bond motifs is 1. The highest BCUT2D eigenvalue weighted by Crippen LogP contribution is 2.26. The number of hydrogen-bond donors (Lipinski definition) is 0. The number of carbonyl (C=O) groups is 1. The van der Waals surface area contributed by atoms with Crippen LogP contribution >= 0.6 is 11.3 Å². The van der Waals surface area contributed by atoms with E-state index in [9.17, 15) is 4.79 Å².